The van der Waals surface area contributed by atoms with E-state index in [-0.39, 0.29) is 11.9 Å². The molecule has 0 saturated heterocycles. The van der Waals surface area contributed by atoms with Gasteiger partial charge in [0.2, 0.25) is 5.91 Å². The van der Waals surface area contributed by atoms with Gasteiger partial charge in [0, 0.05) is 13.1 Å². The highest BCUT2D eigenvalue weighted by Crippen LogP contribution is 2.30. The van der Waals surface area contributed by atoms with Gasteiger partial charge in [0.1, 0.15) is 0 Å². The molecule has 4 heteroatoms. The van der Waals surface area contributed by atoms with Gasteiger partial charge in [-0.05, 0) is 32.6 Å². The van der Waals surface area contributed by atoms with Crippen LogP contribution in [0.15, 0.2) is 0 Å². The van der Waals surface area contributed by atoms with Crippen molar-refractivity contribution < 1.29 is 9.90 Å². The molecule has 16 heavy (non-hydrogen) atoms. The van der Waals surface area contributed by atoms with Crippen LogP contribution in [0.1, 0.15) is 46.0 Å². The summed E-state index contributed by atoms with van der Waals surface area (Å²) in [6.45, 7) is 5.20. The summed E-state index contributed by atoms with van der Waals surface area (Å²) in [5.74, 6) is 0.0244. The molecule has 1 unspecified atom stereocenters. The van der Waals surface area contributed by atoms with Crippen LogP contribution in [0.5, 0.6) is 0 Å². The average molecular weight is 228 g/mol. The molecule has 0 heterocycles. The van der Waals surface area contributed by atoms with Crippen molar-refractivity contribution >= 4 is 5.91 Å². The quantitative estimate of drug-likeness (QED) is 0.565. The Morgan fingerprint density at radius 1 is 1.50 bits per heavy atom. The van der Waals surface area contributed by atoms with Crippen molar-refractivity contribution in [3.63, 3.8) is 0 Å². The van der Waals surface area contributed by atoms with Crippen molar-refractivity contribution in [2.45, 2.75) is 57.6 Å². The molecule has 0 aromatic heterocycles. The van der Waals surface area contributed by atoms with Crippen LogP contribution in [-0.2, 0) is 4.79 Å². The zero-order valence-electron chi connectivity index (χ0n) is 10.4. The lowest BCUT2D eigenvalue weighted by atomic mass is 9.80. The van der Waals surface area contributed by atoms with Crippen molar-refractivity contribution in [1.82, 2.24) is 10.6 Å². The fourth-order valence-corrected chi connectivity index (χ4v) is 1.74. The molecule has 1 amide bonds. The van der Waals surface area contributed by atoms with Gasteiger partial charge < -0.3 is 15.7 Å². The Morgan fingerprint density at radius 2 is 2.19 bits per heavy atom. The number of amides is 1. The molecule has 1 saturated carbocycles. The van der Waals surface area contributed by atoms with Gasteiger partial charge in [-0.25, -0.2) is 0 Å². The molecule has 1 atom stereocenters. The zero-order valence-corrected chi connectivity index (χ0v) is 10.4. The number of unbranched alkanes of at least 4 members (excludes halogenated alkanes) is 1. The number of carbonyl (C=O) groups is 1. The highest BCUT2D eigenvalue weighted by atomic mass is 16.3. The van der Waals surface area contributed by atoms with Gasteiger partial charge in [-0.2, -0.15) is 0 Å². The van der Waals surface area contributed by atoms with Gasteiger partial charge in [-0.15, -0.1) is 0 Å². The third-order valence-corrected chi connectivity index (χ3v) is 3.24. The number of hydrogen-bond acceptors (Lipinski definition) is 3. The molecular weight excluding hydrogens is 204 g/mol. The Bertz CT molecular complexity index is 227. The number of nitrogens with one attached hydrogen (secondary N) is 2. The van der Waals surface area contributed by atoms with Crippen molar-refractivity contribution in [2.75, 3.05) is 13.1 Å². The summed E-state index contributed by atoms with van der Waals surface area (Å²) in [7, 11) is 0. The third-order valence-electron chi connectivity index (χ3n) is 3.24. The van der Waals surface area contributed by atoms with Crippen LogP contribution in [-0.4, -0.2) is 35.7 Å². The van der Waals surface area contributed by atoms with Crippen molar-refractivity contribution in [2.24, 2.45) is 0 Å². The Hall–Kier alpha value is -0.610. The molecule has 0 aromatic carbocycles. The zero-order chi connectivity index (χ0) is 12.0. The lowest BCUT2D eigenvalue weighted by Gasteiger charge is -2.37. The number of rotatable bonds is 7. The Kier molecular flexibility index (Phi) is 5.22. The largest absolute Gasteiger partial charge is 0.389 e. The van der Waals surface area contributed by atoms with Crippen LogP contribution in [0.4, 0.5) is 0 Å². The van der Waals surface area contributed by atoms with Crippen LogP contribution in [0, 0.1) is 0 Å². The number of carbonyl (C=O) groups excluding carboxylic acids is 1. The van der Waals surface area contributed by atoms with Crippen molar-refractivity contribution in [1.29, 1.82) is 0 Å². The average Bonchev–Trinajstić information content (AvgIpc) is 2.23. The summed E-state index contributed by atoms with van der Waals surface area (Å²) >= 11 is 0. The Morgan fingerprint density at radius 3 is 2.69 bits per heavy atom. The molecule has 1 fully saturated rings. The molecule has 0 radical (unpaired) electrons. The van der Waals surface area contributed by atoms with Gasteiger partial charge in [0.15, 0.2) is 0 Å². The summed E-state index contributed by atoms with van der Waals surface area (Å²) in [6, 6.07) is -0.221. The summed E-state index contributed by atoms with van der Waals surface area (Å²) < 4.78 is 0. The van der Waals surface area contributed by atoms with E-state index < -0.39 is 5.60 Å². The van der Waals surface area contributed by atoms with Crippen LogP contribution in [0.3, 0.4) is 0 Å². The smallest absolute Gasteiger partial charge is 0.236 e. The minimum Gasteiger partial charge on any atom is -0.389 e. The molecule has 0 bridgehead atoms. The lowest BCUT2D eigenvalue weighted by Crippen LogP contribution is -2.52. The highest BCUT2D eigenvalue weighted by Gasteiger charge is 2.34. The second-order valence-electron chi connectivity index (χ2n) is 4.83. The maximum atomic E-state index is 11.6. The molecule has 4 nitrogen and oxygen atoms in total. The van der Waals surface area contributed by atoms with E-state index in [1.807, 2.05) is 6.92 Å². The Labute approximate surface area is 97.8 Å². The van der Waals surface area contributed by atoms with E-state index in [2.05, 4.69) is 17.6 Å². The second-order valence-corrected chi connectivity index (χ2v) is 4.83. The first kappa shape index (κ1) is 13.5. The van der Waals surface area contributed by atoms with Crippen molar-refractivity contribution in [3.05, 3.63) is 0 Å². The molecule has 1 aliphatic rings. The van der Waals surface area contributed by atoms with E-state index in [0.29, 0.717) is 6.54 Å². The second kappa shape index (κ2) is 6.21. The monoisotopic (exact) mass is 228 g/mol. The maximum absolute atomic E-state index is 11.6. The fraction of sp³-hybridized carbons (Fsp3) is 0.917. The minimum atomic E-state index is -0.558. The van der Waals surface area contributed by atoms with Gasteiger partial charge in [-0.3, -0.25) is 4.79 Å². The molecule has 3 N–H and O–H groups in total. The summed E-state index contributed by atoms with van der Waals surface area (Å²) in [5, 5.41) is 15.8. The van der Waals surface area contributed by atoms with E-state index in [0.717, 1.165) is 38.6 Å². The fourth-order valence-electron chi connectivity index (χ4n) is 1.74. The molecular formula is C12H24N2O2. The number of hydrogen-bond donors (Lipinski definition) is 3. The topological polar surface area (TPSA) is 61.4 Å². The maximum Gasteiger partial charge on any atom is 0.236 e. The van der Waals surface area contributed by atoms with E-state index >= 15 is 0 Å². The predicted molar refractivity (Wildman–Crippen MR) is 64.2 cm³/mol. The highest BCUT2D eigenvalue weighted by molar-refractivity contribution is 5.81. The lowest BCUT2D eigenvalue weighted by molar-refractivity contribution is -0.123. The standard InChI is InChI=1S/C12H24N2O2/c1-3-4-8-13-11(15)10(2)14-9-12(16)6-5-7-12/h10,14,16H,3-9H2,1-2H3,(H,13,15). The third kappa shape index (κ3) is 4.10. The Balaban J connectivity index is 2.13. The minimum absolute atomic E-state index is 0.0244. The molecule has 0 aliphatic heterocycles. The first-order valence-electron chi connectivity index (χ1n) is 6.31. The summed E-state index contributed by atoms with van der Waals surface area (Å²) in [5.41, 5.74) is -0.558. The van der Waals surface area contributed by atoms with E-state index in [1.54, 1.807) is 0 Å². The van der Waals surface area contributed by atoms with Crippen LogP contribution in [0.25, 0.3) is 0 Å². The van der Waals surface area contributed by atoms with Gasteiger partial charge in [0.05, 0.1) is 11.6 Å². The SMILES string of the molecule is CCCCNC(=O)C(C)NCC1(O)CCC1. The number of aliphatic hydroxyl groups is 1. The predicted octanol–water partition coefficient (Wildman–Crippen LogP) is 0.796. The molecule has 1 aliphatic carbocycles. The van der Waals surface area contributed by atoms with Crippen LogP contribution < -0.4 is 10.6 Å². The first-order valence-corrected chi connectivity index (χ1v) is 6.31. The first-order chi connectivity index (χ1) is 7.57. The van der Waals surface area contributed by atoms with E-state index in [9.17, 15) is 9.90 Å². The summed E-state index contributed by atoms with van der Waals surface area (Å²) in [6.07, 6.45) is 4.90. The molecule has 94 valence electrons. The van der Waals surface area contributed by atoms with Gasteiger partial charge >= 0.3 is 0 Å². The molecule has 0 spiro atoms. The van der Waals surface area contributed by atoms with Gasteiger partial charge in [0.25, 0.3) is 0 Å². The normalized spacial score (nSPS) is 19.9. The molecule has 1 rings (SSSR count). The van der Waals surface area contributed by atoms with Crippen LogP contribution >= 0.6 is 0 Å². The van der Waals surface area contributed by atoms with E-state index in [1.165, 1.54) is 0 Å². The molecule has 0 aromatic rings. The van der Waals surface area contributed by atoms with Crippen molar-refractivity contribution in [3.8, 4) is 0 Å². The summed E-state index contributed by atoms with van der Waals surface area (Å²) in [4.78, 5) is 11.6. The van der Waals surface area contributed by atoms with Gasteiger partial charge in [-0.1, -0.05) is 13.3 Å². The van der Waals surface area contributed by atoms with E-state index in [4.69, 9.17) is 0 Å². The van der Waals surface area contributed by atoms with Crippen LogP contribution in [0.2, 0.25) is 0 Å².